The Kier molecular flexibility index (Phi) is 7.90. The minimum atomic E-state index is -0.447. The first-order chi connectivity index (χ1) is 8.01. The molecule has 7 heteroatoms. The number of imide groups is 1. The third-order valence-electron chi connectivity index (χ3n) is 2.77. The van der Waals surface area contributed by atoms with Crippen molar-refractivity contribution in [3.63, 3.8) is 0 Å². The molecule has 6 nitrogen and oxygen atoms in total. The lowest BCUT2D eigenvalue weighted by Gasteiger charge is -2.35. The highest BCUT2D eigenvalue weighted by Crippen LogP contribution is 2.04. The molecule has 2 unspecified atom stereocenters. The fourth-order valence-electron chi connectivity index (χ4n) is 2.13. The number of carbonyl (C=O) groups is 2. The highest BCUT2D eigenvalue weighted by Gasteiger charge is 2.21. The van der Waals surface area contributed by atoms with Crippen molar-refractivity contribution < 1.29 is 9.59 Å². The summed E-state index contributed by atoms with van der Waals surface area (Å²) < 4.78 is 0. The molecule has 0 saturated carbocycles. The molecular formula is C11H23ClN4O2. The van der Waals surface area contributed by atoms with Gasteiger partial charge >= 0.3 is 6.03 Å². The molecule has 1 rings (SSSR count). The number of hydrogen-bond acceptors (Lipinski definition) is 4. The van der Waals surface area contributed by atoms with E-state index in [-0.39, 0.29) is 18.3 Å². The minimum Gasteiger partial charge on any atom is -0.341 e. The predicted molar refractivity (Wildman–Crippen MR) is 73.0 cm³/mol. The van der Waals surface area contributed by atoms with E-state index in [0.717, 1.165) is 13.1 Å². The molecule has 0 radical (unpaired) electrons. The van der Waals surface area contributed by atoms with Gasteiger partial charge in [-0.25, -0.2) is 4.79 Å². The van der Waals surface area contributed by atoms with E-state index in [2.05, 4.69) is 34.7 Å². The second kappa shape index (κ2) is 8.29. The van der Waals surface area contributed by atoms with Crippen LogP contribution in [-0.2, 0) is 4.79 Å². The topological polar surface area (TPSA) is 73.5 Å². The van der Waals surface area contributed by atoms with Gasteiger partial charge in [0, 0.05) is 45.2 Å². The highest BCUT2D eigenvalue weighted by molar-refractivity contribution is 5.94. The standard InChI is InChI=1S/C11H22N4O2.ClH/c1-8-6-15(7-9(2)13-8)5-4-10(16)14-11(17)12-3;/h8-9,13H,4-7H2,1-3H3,(H2,12,14,16,17);1H. The fraction of sp³-hybridized carbons (Fsp3) is 0.818. The molecule has 1 saturated heterocycles. The van der Waals surface area contributed by atoms with E-state index in [0.29, 0.717) is 25.0 Å². The normalized spacial score (nSPS) is 23.9. The summed E-state index contributed by atoms with van der Waals surface area (Å²) in [6.45, 7) is 6.84. The van der Waals surface area contributed by atoms with Crippen LogP contribution in [0, 0.1) is 0 Å². The van der Waals surface area contributed by atoms with Crippen LogP contribution in [0.5, 0.6) is 0 Å². The molecular weight excluding hydrogens is 256 g/mol. The van der Waals surface area contributed by atoms with Crippen molar-refractivity contribution in [3.8, 4) is 0 Å². The average molecular weight is 279 g/mol. The lowest BCUT2D eigenvalue weighted by Crippen LogP contribution is -2.54. The largest absolute Gasteiger partial charge is 0.341 e. The van der Waals surface area contributed by atoms with Gasteiger partial charge in [0.15, 0.2) is 0 Å². The van der Waals surface area contributed by atoms with Crippen LogP contribution in [0.1, 0.15) is 20.3 Å². The van der Waals surface area contributed by atoms with Crippen LogP contribution in [-0.4, -0.2) is 55.6 Å². The molecule has 1 fully saturated rings. The summed E-state index contributed by atoms with van der Waals surface area (Å²) in [7, 11) is 1.49. The average Bonchev–Trinajstić information content (AvgIpc) is 2.25. The predicted octanol–water partition coefficient (Wildman–Crippen LogP) is -0.0639. The van der Waals surface area contributed by atoms with Crippen LogP contribution in [0.4, 0.5) is 4.79 Å². The number of hydrogen-bond donors (Lipinski definition) is 3. The molecule has 1 heterocycles. The highest BCUT2D eigenvalue weighted by atomic mass is 35.5. The fourth-order valence-corrected chi connectivity index (χ4v) is 2.13. The van der Waals surface area contributed by atoms with Crippen molar-refractivity contribution in [2.45, 2.75) is 32.4 Å². The van der Waals surface area contributed by atoms with Crippen molar-refractivity contribution in [2.24, 2.45) is 0 Å². The number of rotatable bonds is 3. The number of halogens is 1. The maximum Gasteiger partial charge on any atom is 0.321 e. The first-order valence-electron chi connectivity index (χ1n) is 6.01. The Morgan fingerprint density at radius 1 is 1.28 bits per heavy atom. The third-order valence-corrected chi connectivity index (χ3v) is 2.77. The van der Waals surface area contributed by atoms with E-state index in [1.54, 1.807) is 0 Å². The molecule has 3 amide bonds. The Labute approximate surface area is 114 Å². The summed E-state index contributed by atoms with van der Waals surface area (Å²) in [4.78, 5) is 24.6. The maximum atomic E-state index is 11.4. The second-order valence-corrected chi connectivity index (χ2v) is 4.61. The van der Waals surface area contributed by atoms with Gasteiger partial charge in [-0.1, -0.05) is 0 Å². The number of urea groups is 1. The molecule has 106 valence electrons. The van der Waals surface area contributed by atoms with Crippen molar-refractivity contribution >= 4 is 24.3 Å². The van der Waals surface area contributed by atoms with Crippen LogP contribution in [0.2, 0.25) is 0 Å². The molecule has 3 N–H and O–H groups in total. The van der Waals surface area contributed by atoms with Crippen molar-refractivity contribution in [1.29, 1.82) is 0 Å². The first-order valence-corrected chi connectivity index (χ1v) is 6.01. The molecule has 18 heavy (non-hydrogen) atoms. The van der Waals surface area contributed by atoms with Gasteiger partial charge in [0.2, 0.25) is 5.91 Å². The summed E-state index contributed by atoms with van der Waals surface area (Å²) in [6.07, 6.45) is 0.354. The summed E-state index contributed by atoms with van der Waals surface area (Å²) in [6, 6.07) is 0.443. The molecule has 0 aromatic heterocycles. The molecule has 0 aliphatic carbocycles. The van der Waals surface area contributed by atoms with Crippen LogP contribution < -0.4 is 16.0 Å². The van der Waals surface area contributed by atoms with Crippen LogP contribution in [0.3, 0.4) is 0 Å². The van der Waals surface area contributed by atoms with E-state index < -0.39 is 6.03 Å². The van der Waals surface area contributed by atoms with E-state index >= 15 is 0 Å². The molecule has 0 aromatic carbocycles. The molecule has 1 aliphatic heterocycles. The number of nitrogens with zero attached hydrogens (tertiary/aromatic N) is 1. The van der Waals surface area contributed by atoms with Gasteiger partial charge in [0.05, 0.1) is 0 Å². The summed E-state index contributed by atoms with van der Waals surface area (Å²) in [5.74, 6) is -0.233. The van der Waals surface area contributed by atoms with Crippen molar-refractivity contribution in [3.05, 3.63) is 0 Å². The third kappa shape index (κ3) is 6.18. The molecule has 0 aromatic rings. The zero-order chi connectivity index (χ0) is 12.8. The van der Waals surface area contributed by atoms with Gasteiger partial charge in [-0.05, 0) is 13.8 Å². The van der Waals surface area contributed by atoms with Crippen molar-refractivity contribution in [1.82, 2.24) is 20.9 Å². The monoisotopic (exact) mass is 278 g/mol. The van der Waals surface area contributed by atoms with E-state index in [9.17, 15) is 9.59 Å². The van der Waals surface area contributed by atoms with E-state index in [4.69, 9.17) is 0 Å². The van der Waals surface area contributed by atoms with Crippen LogP contribution in [0.25, 0.3) is 0 Å². The van der Waals surface area contributed by atoms with Gasteiger partial charge in [0.1, 0.15) is 0 Å². The van der Waals surface area contributed by atoms with Gasteiger partial charge in [0.25, 0.3) is 0 Å². The molecule has 2 atom stereocenters. The SMILES string of the molecule is CNC(=O)NC(=O)CCN1CC(C)NC(C)C1.Cl. The second-order valence-electron chi connectivity index (χ2n) is 4.61. The quantitative estimate of drug-likeness (QED) is 0.676. The summed E-state index contributed by atoms with van der Waals surface area (Å²) in [5.41, 5.74) is 0. The first kappa shape index (κ1) is 17.2. The molecule has 0 spiro atoms. The lowest BCUT2D eigenvalue weighted by molar-refractivity contribution is -0.120. The smallest absolute Gasteiger partial charge is 0.321 e. The zero-order valence-electron chi connectivity index (χ0n) is 11.2. The zero-order valence-corrected chi connectivity index (χ0v) is 12.0. The minimum absolute atomic E-state index is 0. The number of amides is 3. The number of nitrogens with one attached hydrogen (secondary N) is 3. The number of piperazine rings is 1. The summed E-state index contributed by atoms with van der Waals surface area (Å²) >= 11 is 0. The van der Waals surface area contributed by atoms with E-state index in [1.165, 1.54) is 7.05 Å². The van der Waals surface area contributed by atoms with Crippen LogP contribution in [0.15, 0.2) is 0 Å². The Balaban J connectivity index is 0.00000289. The van der Waals surface area contributed by atoms with Gasteiger partial charge in [-0.3, -0.25) is 15.0 Å². The van der Waals surface area contributed by atoms with Crippen molar-refractivity contribution in [2.75, 3.05) is 26.7 Å². The Bertz CT molecular complexity index is 278. The molecule has 1 aliphatic rings. The maximum absolute atomic E-state index is 11.4. The van der Waals surface area contributed by atoms with E-state index in [1.807, 2.05) is 0 Å². The lowest BCUT2D eigenvalue weighted by atomic mass is 10.1. The molecule has 0 bridgehead atoms. The Morgan fingerprint density at radius 3 is 2.33 bits per heavy atom. The number of carbonyl (C=O) groups excluding carboxylic acids is 2. The van der Waals surface area contributed by atoms with Crippen LogP contribution >= 0.6 is 12.4 Å². The van der Waals surface area contributed by atoms with Gasteiger partial charge in [-0.2, -0.15) is 0 Å². The summed E-state index contributed by atoms with van der Waals surface area (Å²) in [5, 5.41) is 8.05. The van der Waals surface area contributed by atoms with Gasteiger partial charge in [-0.15, -0.1) is 12.4 Å². The Morgan fingerprint density at radius 2 is 1.83 bits per heavy atom. The Hall–Kier alpha value is -0.850. The van der Waals surface area contributed by atoms with Gasteiger partial charge < -0.3 is 10.6 Å².